The van der Waals surface area contributed by atoms with Crippen LogP contribution in [0.15, 0.2) is 12.1 Å². The van der Waals surface area contributed by atoms with E-state index >= 15 is 0 Å². The van der Waals surface area contributed by atoms with Crippen LogP contribution in [0.1, 0.15) is 39.5 Å². The highest BCUT2D eigenvalue weighted by atomic mass is 16.2. The minimum atomic E-state index is 0.0530. The van der Waals surface area contributed by atoms with Crippen LogP contribution in [-0.4, -0.2) is 31.7 Å². The molecule has 3 heteroatoms. The molecule has 0 aromatic carbocycles. The van der Waals surface area contributed by atoms with Gasteiger partial charge in [-0.3, -0.25) is 4.79 Å². The third kappa shape index (κ3) is 4.11. The first kappa shape index (κ1) is 12.3. The first-order chi connectivity index (χ1) is 7.05. The van der Waals surface area contributed by atoms with Crippen molar-refractivity contribution in [3.63, 3.8) is 0 Å². The monoisotopic (exact) mass is 205 g/mol. The molecule has 1 fully saturated rings. The number of carbonyl (C=O) groups excluding carboxylic acids is 1. The van der Waals surface area contributed by atoms with Gasteiger partial charge in [-0.05, 0) is 37.2 Å². The van der Waals surface area contributed by atoms with Crippen LogP contribution in [0.4, 0.5) is 0 Å². The molecule has 0 unspecified atom stereocenters. The normalized spacial score (nSPS) is 22.4. The Morgan fingerprint density at radius 3 is 2.27 bits per heavy atom. The lowest BCUT2D eigenvalue weighted by molar-refractivity contribution is -0.126. The molecule has 0 aromatic heterocycles. The quantitative estimate of drug-likeness (QED) is 0.474. The van der Waals surface area contributed by atoms with Gasteiger partial charge in [0.15, 0.2) is 0 Å². The Bertz CT molecular complexity index is 236. The number of likely N-dealkylation sites (tertiary alicyclic amines) is 1. The highest BCUT2D eigenvalue weighted by Crippen LogP contribution is 2.30. The van der Waals surface area contributed by atoms with E-state index in [4.69, 9.17) is 7.85 Å². The number of rotatable bonds is 1. The van der Waals surface area contributed by atoms with Gasteiger partial charge in [0.1, 0.15) is 7.85 Å². The van der Waals surface area contributed by atoms with E-state index in [0.29, 0.717) is 5.41 Å². The van der Waals surface area contributed by atoms with Gasteiger partial charge in [0.25, 0.3) is 0 Å². The third-order valence-corrected chi connectivity index (χ3v) is 3.11. The highest BCUT2D eigenvalue weighted by Gasteiger charge is 2.22. The molecule has 0 aromatic rings. The van der Waals surface area contributed by atoms with Gasteiger partial charge in [-0.1, -0.05) is 13.8 Å². The molecule has 0 aliphatic carbocycles. The van der Waals surface area contributed by atoms with E-state index in [1.807, 2.05) is 4.90 Å². The molecule has 0 atom stereocenters. The van der Waals surface area contributed by atoms with Crippen molar-refractivity contribution in [2.75, 3.05) is 13.1 Å². The van der Waals surface area contributed by atoms with E-state index in [9.17, 15) is 4.79 Å². The molecule has 0 N–H and O–H groups in total. The summed E-state index contributed by atoms with van der Waals surface area (Å²) in [5, 5.41) is 0. The van der Waals surface area contributed by atoms with Crippen LogP contribution in [0.5, 0.6) is 0 Å². The van der Waals surface area contributed by atoms with Gasteiger partial charge < -0.3 is 4.90 Å². The summed E-state index contributed by atoms with van der Waals surface area (Å²) >= 11 is 0. The Hall–Kier alpha value is -0.725. The Morgan fingerprint density at radius 1 is 1.27 bits per heavy atom. The summed E-state index contributed by atoms with van der Waals surface area (Å²) in [5.41, 5.74) is 0.443. The number of carbonyl (C=O) groups is 1. The van der Waals surface area contributed by atoms with Crippen molar-refractivity contribution in [2.45, 2.75) is 39.5 Å². The van der Waals surface area contributed by atoms with Gasteiger partial charge in [-0.25, -0.2) is 0 Å². The summed E-state index contributed by atoms with van der Waals surface area (Å²) in [6, 6.07) is 0. The fourth-order valence-electron chi connectivity index (χ4n) is 2.14. The molecule has 1 amide bonds. The van der Waals surface area contributed by atoms with Crippen LogP contribution in [0.2, 0.25) is 0 Å². The SMILES string of the molecule is [B]/C=C\C(=O)N1CCCC(C)(C)CCC1. The number of nitrogens with zero attached hydrogens (tertiary/aromatic N) is 1. The molecule has 2 radical (unpaired) electrons. The Labute approximate surface area is 94.1 Å². The van der Waals surface area contributed by atoms with Crippen LogP contribution in [-0.2, 0) is 4.79 Å². The molecule has 1 aliphatic rings. The summed E-state index contributed by atoms with van der Waals surface area (Å²) in [5.74, 6) is 1.38. The summed E-state index contributed by atoms with van der Waals surface area (Å²) in [4.78, 5) is 13.5. The van der Waals surface area contributed by atoms with Crippen molar-refractivity contribution in [3.8, 4) is 0 Å². The predicted molar refractivity (Wildman–Crippen MR) is 63.7 cm³/mol. The molecule has 15 heavy (non-hydrogen) atoms. The van der Waals surface area contributed by atoms with Crippen LogP contribution >= 0.6 is 0 Å². The van der Waals surface area contributed by atoms with Crippen molar-refractivity contribution in [3.05, 3.63) is 12.1 Å². The summed E-state index contributed by atoms with van der Waals surface area (Å²) in [7, 11) is 5.22. The topological polar surface area (TPSA) is 20.3 Å². The fraction of sp³-hybridized carbons (Fsp3) is 0.750. The van der Waals surface area contributed by atoms with Crippen molar-refractivity contribution in [1.82, 2.24) is 4.90 Å². The molecular weight excluding hydrogens is 185 g/mol. The lowest BCUT2D eigenvalue weighted by atomic mass is 9.82. The Kier molecular flexibility index (Phi) is 4.43. The largest absolute Gasteiger partial charge is 0.339 e. The zero-order chi connectivity index (χ0) is 11.3. The third-order valence-electron chi connectivity index (χ3n) is 3.11. The van der Waals surface area contributed by atoms with E-state index in [1.165, 1.54) is 24.9 Å². The molecule has 1 saturated heterocycles. The van der Waals surface area contributed by atoms with E-state index in [0.717, 1.165) is 25.9 Å². The van der Waals surface area contributed by atoms with Gasteiger partial charge in [-0.2, -0.15) is 0 Å². The number of hydrogen-bond donors (Lipinski definition) is 0. The van der Waals surface area contributed by atoms with Gasteiger partial charge in [0.2, 0.25) is 5.91 Å². The maximum Gasteiger partial charge on any atom is 0.245 e. The van der Waals surface area contributed by atoms with E-state index in [2.05, 4.69) is 13.8 Å². The molecule has 0 bridgehead atoms. The molecule has 82 valence electrons. The standard InChI is InChI=1S/C12H20BNO/c1-12(2)6-3-9-14(10-4-7-12)11(15)5-8-13/h5,8H,3-4,6-7,9-10H2,1-2H3/b8-5-. The fourth-order valence-corrected chi connectivity index (χ4v) is 2.14. The Balaban J connectivity index is 2.48. The van der Waals surface area contributed by atoms with Gasteiger partial charge in [0, 0.05) is 13.1 Å². The zero-order valence-corrected chi connectivity index (χ0v) is 9.83. The lowest BCUT2D eigenvalue weighted by Gasteiger charge is -2.31. The molecular formula is C12H20BNO. The molecule has 2 nitrogen and oxygen atoms in total. The van der Waals surface area contributed by atoms with Crippen molar-refractivity contribution in [1.29, 1.82) is 0 Å². The maximum absolute atomic E-state index is 11.6. The first-order valence-corrected chi connectivity index (χ1v) is 5.72. The van der Waals surface area contributed by atoms with E-state index < -0.39 is 0 Å². The van der Waals surface area contributed by atoms with Crippen molar-refractivity contribution in [2.24, 2.45) is 5.41 Å². The second-order valence-corrected chi connectivity index (χ2v) is 5.06. The molecule has 1 aliphatic heterocycles. The Morgan fingerprint density at radius 2 is 1.80 bits per heavy atom. The average Bonchev–Trinajstić information content (AvgIpc) is 2.12. The molecule has 1 rings (SSSR count). The average molecular weight is 205 g/mol. The molecule has 0 spiro atoms. The van der Waals surface area contributed by atoms with Crippen LogP contribution in [0, 0.1) is 5.41 Å². The predicted octanol–water partition coefficient (Wildman–Crippen LogP) is 2.10. The number of hydrogen-bond acceptors (Lipinski definition) is 1. The second-order valence-electron chi connectivity index (χ2n) is 5.06. The maximum atomic E-state index is 11.6. The van der Waals surface area contributed by atoms with Gasteiger partial charge in [0.05, 0.1) is 0 Å². The van der Waals surface area contributed by atoms with E-state index in [-0.39, 0.29) is 5.91 Å². The van der Waals surface area contributed by atoms with Gasteiger partial charge in [-0.15, -0.1) is 5.98 Å². The van der Waals surface area contributed by atoms with Crippen LogP contribution in [0.3, 0.4) is 0 Å². The molecule has 0 saturated carbocycles. The number of amides is 1. The second kappa shape index (κ2) is 5.38. The zero-order valence-electron chi connectivity index (χ0n) is 9.83. The minimum Gasteiger partial charge on any atom is -0.339 e. The summed E-state index contributed by atoms with van der Waals surface area (Å²) in [6.07, 6.45) is 6.04. The minimum absolute atomic E-state index is 0.0530. The van der Waals surface area contributed by atoms with Crippen LogP contribution < -0.4 is 0 Å². The first-order valence-electron chi connectivity index (χ1n) is 5.72. The lowest BCUT2D eigenvalue weighted by Crippen LogP contribution is -2.34. The van der Waals surface area contributed by atoms with Gasteiger partial charge >= 0.3 is 0 Å². The summed E-state index contributed by atoms with van der Waals surface area (Å²) < 4.78 is 0. The van der Waals surface area contributed by atoms with E-state index in [1.54, 1.807) is 0 Å². The smallest absolute Gasteiger partial charge is 0.245 e. The van der Waals surface area contributed by atoms with Crippen LogP contribution in [0.25, 0.3) is 0 Å². The highest BCUT2D eigenvalue weighted by molar-refractivity contribution is 6.18. The van der Waals surface area contributed by atoms with Crippen molar-refractivity contribution >= 4 is 13.8 Å². The van der Waals surface area contributed by atoms with Crippen molar-refractivity contribution < 1.29 is 4.79 Å². The summed E-state index contributed by atoms with van der Waals surface area (Å²) in [6.45, 7) is 6.35. The molecule has 1 heterocycles.